The van der Waals surface area contributed by atoms with Crippen LogP contribution in [0.3, 0.4) is 0 Å². The Labute approximate surface area is 85.6 Å². The summed E-state index contributed by atoms with van der Waals surface area (Å²) in [4.78, 5) is 15.2. The third-order valence-electron chi connectivity index (χ3n) is 2.08. The number of hydrogen-bond acceptors (Lipinski definition) is 4. The zero-order valence-corrected chi connectivity index (χ0v) is 7.96. The maximum absolute atomic E-state index is 11.1. The molecule has 2 rings (SSSR count). The van der Waals surface area contributed by atoms with Crippen molar-refractivity contribution in [3.8, 4) is 5.88 Å². The van der Waals surface area contributed by atoms with E-state index in [0.29, 0.717) is 13.0 Å². The zero-order chi connectivity index (χ0) is 10.7. The molecule has 0 saturated carbocycles. The molecular weight excluding hydrogens is 196 g/mol. The molecule has 0 saturated heterocycles. The lowest BCUT2D eigenvalue weighted by molar-refractivity contribution is 0.412. The molecule has 0 atom stereocenters. The Morgan fingerprint density at radius 3 is 2.93 bits per heavy atom. The molecule has 15 heavy (non-hydrogen) atoms. The van der Waals surface area contributed by atoms with Crippen molar-refractivity contribution in [3.63, 3.8) is 0 Å². The summed E-state index contributed by atoms with van der Waals surface area (Å²) in [5, 5.41) is 9.26. The lowest BCUT2D eigenvalue weighted by Gasteiger charge is -2.00. The molecule has 5 heteroatoms. The number of aryl methyl sites for hydroxylation is 1. The summed E-state index contributed by atoms with van der Waals surface area (Å²) in [6.45, 7) is 0.359. The fraction of sp³-hybridized carbons (Fsp3) is 0.200. The van der Waals surface area contributed by atoms with Crippen LogP contribution in [-0.2, 0) is 13.0 Å². The van der Waals surface area contributed by atoms with Crippen molar-refractivity contribution < 1.29 is 9.52 Å². The second-order valence-corrected chi connectivity index (χ2v) is 3.08. The summed E-state index contributed by atoms with van der Waals surface area (Å²) in [6.07, 6.45) is 3.29. The van der Waals surface area contributed by atoms with Crippen molar-refractivity contribution in [3.05, 3.63) is 46.9 Å². The van der Waals surface area contributed by atoms with Crippen LogP contribution in [0.25, 0.3) is 0 Å². The van der Waals surface area contributed by atoms with Gasteiger partial charge in [0.25, 0.3) is 0 Å². The van der Waals surface area contributed by atoms with Gasteiger partial charge in [-0.05, 0) is 12.1 Å². The average Bonchev–Trinajstić information content (AvgIpc) is 2.58. The molecule has 2 heterocycles. The second kappa shape index (κ2) is 4.00. The van der Waals surface area contributed by atoms with E-state index in [9.17, 15) is 9.90 Å². The average molecular weight is 206 g/mol. The minimum absolute atomic E-state index is 0.157. The van der Waals surface area contributed by atoms with E-state index in [1.165, 1.54) is 0 Å². The molecule has 0 spiro atoms. The first-order chi connectivity index (χ1) is 7.27. The van der Waals surface area contributed by atoms with Crippen molar-refractivity contribution >= 4 is 0 Å². The summed E-state index contributed by atoms with van der Waals surface area (Å²) in [5.41, 5.74) is 0.866. The first kappa shape index (κ1) is 9.51. The van der Waals surface area contributed by atoms with Crippen LogP contribution in [0.15, 0.2) is 39.9 Å². The van der Waals surface area contributed by atoms with Gasteiger partial charge < -0.3 is 9.52 Å². The second-order valence-electron chi connectivity index (χ2n) is 3.08. The number of oxazole rings is 1. The van der Waals surface area contributed by atoms with E-state index >= 15 is 0 Å². The highest BCUT2D eigenvalue weighted by Crippen LogP contribution is 2.06. The molecular formula is C10H10N2O3. The predicted molar refractivity (Wildman–Crippen MR) is 52.6 cm³/mol. The van der Waals surface area contributed by atoms with Crippen molar-refractivity contribution in [1.29, 1.82) is 0 Å². The highest BCUT2D eigenvalue weighted by molar-refractivity contribution is 5.05. The fourth-order valence-electron chi connectivity index (χ4n) is 1.30. The van der Waals surface area contributed by atoms with Crippen LogP contribution in [0.4, 0.5) is 0 Å². The largest absolute Gasteiger partial charge is 0.492 e. The summed E-state index contributed by atoms with van der Waals surface area (Å²) in [7, 11) is 0. The number of nitrogens with zero attached hydrogens (tertiary/aromatic N) is 2. The van der Waals surface area contributed by atoms with Gasteiger partial charge in [0, 0.05) is 24.9 Å². The lowest BCUT2D eigenvalue weighted by atomic mass is 10.3. The van der Waals surface area contributed by atoms with E-state index in [4.69, 9.17) is 0 Å². The van der Waals surface area contributed by atoms with Crippen LogP contribution in [0.5, 0.6) is 5.88 Å². The molecule has 0 aliphatic carbocycles. The van der Waals surface area contributed by atoms with E-state index in [-0.39, 0.29) is 5.88 Å². The van der Waals surface area contributed by atoms with Gasteiger partial charge in [-0.1, -0.05) is 6.07 Å². The Hall–Kier alpha value is -2.04. The van der Waals surface area contributed by atoms with Crippen LogP contribution in [0.1, 0.15) is 5.69 Å². The third-order valence-corrected chi connectivity index (χ3v) is 2.08. The van der Waals surface area contributed by atoms with E-state index in [1.54, 1.807) is 6.20 Å². The van der Waals surface area contributed by atoms with Crippen LogP contribution in [-0.4, -0.2) is 14.7 Å². The normalized spacial score (nSPS) is 10.4. The Morgan fingerprint density at radius 2 is 2.33 bits per heavy atom. The number of aromatic nitrogens is 2. The molecule has 78 valence electrons. The molecule has 2 aromatic rings. The van der Waals surface area contributed by atoms with Crippen LogP contribution >= 0.6 is 0 Å². The number of hydrogen-bond donors (Lipinski definition) is 1. The molecule has 0 bridgehead atoms. The molecule has 2 aromatic heterocycles. The molecule has 1 N–H and O–H groups in total. The van der Waals surface area contributed by atoms with Gasteiger partial charge in [-0.15, -0.1) is 0 Å². The smallest absolute Gasteiger partial charge is 0.421 e. The summed E-state index contributed by atoms with van der Waals surface area (Å²) in [6, 6.07) is 5.56. The van der Waals surface area contributed by atoms with Gasteiger partial charge in [0.2, 0.25) is 5.88 Å². The Morgan fingerprint density at radius 1 is 1.47 bits per heavy atom. The predicted octanol–water partition coefficient (Wildman–Crippen LogP) is 0.785. The van der Waals surface area contributed by atoms with Gasteiger partial charge in [0.15, 0.2) is 6.26 Å². The van der Waals surface area contributed by atoms with Gasteiger partial charge >= 0.3 is 5.76 Å². The molecule has 0 aliphatic heterocycles. The highest BCUT2D eigenvalue weighted by atomic mass is 16.4. The summed E-state index contributed by atoms with van der Waals surface area (Å²) in [5.74, 6) is -0.709. The van der Waals surface area contributed by atoms with Crippen molar-refractivity contribution in [2.45, 2.75) is 13.0 Å². The fourth-order valence-corrected chi connectivity index (χ4v) is 1.30. The van der Waals surface area contributed by atoms with Crippen LogP contribution < -0.4 is 5.76 Å². The SMILES string of the molecule is O=c1occ(O)n1CCc1ccccn1. The van der Waals surface area contributed by atoms with Crippen LogP contribution in [0.2, 0.25) is 0 Å². The first-order valence-corrected chi connectivity index (χ1v) is 4.54. The Balaban J connectivity index is 2.09. The molecule has 0 aliphatic rings. The third kappa shape index (κ3) is 2.07. The van der Waals surface area contributed by atoms with Gasteiger partial charge in [0.05, 0.1) is 0 Å². The quantitative estimate of drug-likeness (QED) is 0.805. The minimum atomic E-state index is -0.552. The summed E-state index contributed by atoms with van der Waals surface area (Å²) >= 11 is 0. The lowest BCUT2D eigenvalue weighted by Crippen LogP contribution is -2.15. The van der Waals surface area contributed by atoms with Gasteiger partial charge in [-0.2, -0.15) is 0 Å². The first-order valence-electron chi connectivity index (χ1n) is 4.54. The maximum Gasteiger partial charge on any atom is 0.421 e. The molecule has 0 unspecified atom stereocenters. The molecule has 0 radical (unpaired) electrons. The van der Waals surface area contributed by atoms with Gasteiger partial charge in [0.1, 0.15) is 0 Å². The number of pyridine rings is 1. The van der Waals surface area contributed by atoms with E-state index in [0.717, 1.165) is 16.5 Å². The van der Waals surface area contributed by atoms with Gasteiger partial charge in [-0.25, -0.2) is 9.36 Å². The molecule has 0 amide bonds. The summed E-state index contributed by atoms with van der Waals surface area (Å²) < 4.78 is 5.68. The topological polar surface area (TPSA) is 68.3 Å². The molecule has 5 nitrogen and oxygen atoms in total. The van der Waals surface area contributed by atoms with Crippen LogP contribution in [0, 0.1) is 0 Å². The zero-order valence-electron chi connectivity index (χ0n) is 7.96. The molecule has 0 fully saturated rings. The van der Waals surface area contributed by atoms with E-state index in [2.05, 4.69) is 9.40 Å². The molecule has 0 aromatic carbocycles. The van der Waals surface area contributed by atoms with E-state index in [1.807, 2.05) is 18.2 Å². The minimum Gasteiger partial charge on any atom is -0.492 e. The van der Waals surface area contributed by atoms with Crippen molar-refractivity contribution in [1.82, 2.24) is 9.55 Å². The van der Waals surface area contributed by atoms with E-state index < -0.39 is 5.76 Å². The number of rotatable bonds is 3. The standard InChI is InChI=1S/C10H10N2O3/c13-9-7-15-10(14)12(9)6-4-8-3-1-2-5-11-8/h1-3,5,7,13H,4,6H2. The van der Waals surface area contributed by atoms with Crippen molar-refractivity contribution in [2.75, 3.05) is 0 Å². The number of aromatic hydroxyl groups is 1. The Bertz CT molecular complexity index is 487. The highest BCUT2D eigenvalue weighted by Gasteiger charge is 2.06. The van der Waals surface area contributed by atoms with Gasteiger partial charge in [-0.3, -0.25) is 4.98 Å². The Kier molecular flexibility index (Phi) is 2.53. The van der Waals surface area contributed by atoms with Crippen molar-refractivity contribution in [2.24, 2.45) is 0 Å². The maximum atomic E-state index is 11.1. The monoisotopic (exact) mass is 206 g/mol.